The lowest BCUT2D eigenvalue weighted by Gasteiger charge is -2.26. The summed E-state index contributed by atoms with van der Waals surface area (Å²) in [4.78, 5) is 32.3. The lowest BCUT2D eigenvalue weighted by molar-refractivity contribution is -0.139. The van der Waals surface area contributed by atoms with E-state index >= 15 is 0 Å². The number of thiazole rings is 1. The Bertz CT molecular complexity index is 1580. The summed E-state index contributed by atoms with van der Waals surface area (Å²) in [5.74, 6) is 0.694. The van der Waals surface area contributed by atoms with E-state index in [4.69, 9.17) is 14.2 Å². The van der Waals surface area contributed by atoms with E-state index in [9.17, 15) is 9.59 Å². The molecule has 0 N–H and O–H groups in total. The predicted octanol–water partition coefficient (Wildman–Crippen LogP) is 4.91. The van der Waals surface area contributed by atoms with Crippen molar-refractivity contribution in [1.29, 1.82) is 0 Å². The van der Waals surface area contributed by atoms with Gasteiger partial charge < -0.3 is 14.2 Å². The number of hydrogen-bond acceptors (Lipinski definition) is 7. The van der Waals surface area contributed by atoms with Crippen LogP contribution in [0.15, 0.2) is 80.6 Å². The second kappa shape index (κ2) is 12.0. The van der Waals surface area contributed by atoms with E-state index in [-0.39, 0.29) is 18.3 Å². The van der Waals surface area contributed by atoms with Crippen LogP contribution in [-0.4, -0.2) is 29.9 Å². The lowest BCUT2D eigenvalue weighted by Crippen LogP contribution is -2.40. The highest BCUT2D eigenvalue weighted by molar-refractivity contribution is 9.10. The van der Waals surface area contributed by atoms with Crippen molar-refractivity contribution < 1.29 is 19.0 Å². The Balaban J connectivity index is 1.97. The molecular formula is C29H29BrN2O5S. The number of rotatable bonds is 9. The van der Waals surface area contributed by atoms with Crippen LogP contribution in [-0.2, 0) is 9.53 Å². The zero-order valence-corrected chi connectivity index (χ0v) is 24.1. The van der Waals surface area contributed by atoms with Crippen LogP contribution in [0.4, 0.5) is 0 Å². The maximum Gasteiger partial charge on any atom is 0.338 e. The number of nitrogens with zero attached hydrogens (tertiary/aromatic N) is 2. The van der Waals surface area contributed by atoms with Crippen molar-refractivity contribution >= 4 is 39.3 Å². The summed E-state index contributed by atoms with van der Waals surface area (Å²) in [5.41, 5.74) is 1.94. The van der Waals surface area contributed by atoms with Gasteiger partial charge in [-0.1, -0.05) is 58.1 Å². The SMILES string of the molecule is C=CCOc1ccc(Br)cc1/C=c1\sc2n(c1=O)[C@@H](c1ccccc1OC(C)C)C(C(=O)OCC)=C(C)N=2. The summed E-state index contributed by atoms with van der Waals surface area (Å²) in [5, 5.41) is 0. The topological polar surface area (TPSA) is 79.1 Å². The molecule has 1 aliphatic heterocycles. The molecule has 0 fully saturated rings. The number of para-hydroxylation sites is 1. The van der Waals surface area contributed by atoms with Gasteiger partial charge in [-0.05, 0) is 58.0 Å². The summed E-state index contributed by atoms with van der Waals surface area (Å²) in [6.07, 6.45) is 3.34. The molecule has 7 nitrogen and oxygen atoms in total. The minimum Gasteiger partial charge on any atom is -0.491 e. The van der Waals surface area contributed by atoms with Gasteiger partial charge in [-0.25, -0.2) is 9.79 Å². The van der Waals surface area contributed by atoms with Crippen molar-refractivity contribution in [3.05, 3.63) is 102 Å². The summed E-state index contributed by atoms with van der Waals surface area (Å²) in [6.45, 7) is 11.6. The second-order valence-corrected chi connectivity index (χ2v) is 10.7. The normalized spacial score (nSPS) is 15.2. The van der Waals surface area contributed by atoms with Crippen molar-refractivity contribution in [2.24, 2.45) is 4.99 Å². The number of benzene rings is 2. The van der Waals surface area contributed by atoms with E-state index < -0.39 is 12.0 Å². The van der Waals surface area contributed by atoms with Crippen molar-refractivity contribution in [3.8, 4) is 11.5 Å². The molecule has 0 saturated heterocycles. The van der Waals surface area contributed by atoms with Crippen LogP contribution in [0.1, 0.15) is 44.9 Å². The molecule has 0 radical (unpaired) electrons. The van der Waals surface area contributed by atoms with Crippen LogP contribution in [0, 0.1) is 0 Å². The van der Waals surface area contributed by atoms with Gasteiger partial charge in [-0.3, -0.25) is 9.36 Å². The van der Waals surface area contributed by atoms with E-state index in [1.807, 2.05) is 56.3 Å². The van der Waals surface area contributed by atoms with Crippen LogP contribution < -0.4 is 24.4 Å². The maximum absolute atomic E-state index is 14.0. The fourth-order valence-electron chi connectivity index (χ4n) is 4.21. The fourth-order valence-corrected chi connectivity index (χ4v) is 5.62. The summed E-state index contributed by atoms with van der Waals surface area (Å²) in [7, 11) is 0. The van der Waals surface area contributed by atoms with Crippen LogP contribution in [0.3, 0.4) is 0 Å². The van der Waals surface area contributed by atoms with Crippen molar-refractivity contribution in [2.45, 2.75) is 39.8 Å². The third-order valence-electron chi connectivity index (χ3n) is 5.71. The monoisotopic (exact) mass is 596 g/mol. The lowest BCUT2D eigenvalue weighted by atomic mass is 9.95. The van der Waals surface area contributed by atoms with Crippen LogP contribution in [0.2, 0.25) is 0 Å². The number of carbonyl (C=O) groups is 1. The molecule has 198 valence electrons. The average Bonchev–Trinajstić information content (AvgIpc) is 3.17. The number of halogens is 1. The molecule has 1 aliphatic rings. The van der Waals surface area contributed by atoms with E-state index in [1.165, 1.54) is 11.3 Å². The highest BCUT2D eigenvalue weighted by Gasteiger charge is 2.35. The Hall–Kier alpha value is -3.43. The van der Waals surface area contributed by atoms with Crippen molar-refractivity contribution in [2.75, 3.05) is 13.2 Å². The summed E-state index contributed by atoms with van der Waals surface area (Å²) >= 11 is 4.76. The van der Waals surface area contributed by atoms with E-state index in [2.05, 4.69) is 27.5 Å². The quantitative estimate of drug-likeness (QED) is 0.259. The summed E-state index contributed by atoms with van der Waals surface area (Å²) < 4.78 is 20.2. The fraction of sp³-hybridized carbons (Fsp3) is 0.276. The molecule has 2 aromatic carbocycles. The molecule has 9 heteroatoms. The zero-order chi connectivity index (χ0) is 27.4. The van der Waals surface area contributed by atoms with Crippen LogP contribution in [0.25, 0.3) is 6.08 Å². The average molecular weight is 598 g/mol. The molecule has 4 rings (SSSR count). The number of esters is 1. The van der Waals surface area contributed by atoms with Gasteiger partial charge in [0.2, 0.25) is 0 Å². The first kappa shape index (κ1) is 27.6. The molecular weight excluding hydrogens is 568 g/mol. The van der Waals surface area contributed by atoms with Gasteiger partial charge in [0.15, 0.2) is 4.80 Å². The molecule has 1 atom stereocenters. The number of ether oxygens (including phenoxy) is 3. The number of fused-ring (bicyclic) bond motifs is 1. The Kier molecular flexibility index (Phi) is 8.69. The first-order valence-corrected chi connectivity index (χ1v) is 13.8. The van der Waals surface area contributed by atoms with Gasteiger partial charge in [-0.15, -0.1) is 0 Å². The number of hydrogen-bond donors (Lipinski definition) is 0. The second-order valence-electron chi connectivity index (χ2n) is 8.79. The molecule has 0 saturated carbocycles. The van der Waals surface area contributed by atoms with E-state index in [0.717, 1.165) is 10.0 Å². The Labute approximate surface area is 233 Å². The molecule has 0 aliphatic carbocycles. The molecule has 1 aromatic heterocycles. The predicted molar refractivity (Wildman–Crippen MR) is 152 cm³/mol. The van der Waals surface area contributed by atoms with Gasteiger partial charge in [0, 0.05) is 15.6 Å². The number of allylic oxidation sites excluding steroid dienone is 1. The first-order chi connectivity index (χ1) is 18.2. The maximum atomic E-state index is 14.0. The number of aromatic nitrogens is 1. The summed E-state index contributed by atoms with van der Waals surface area (Å²) in [6, 6.07) is 12.3. The van der Waals surface area contributed by atoms with Gasteiger partial charge in [0.25, 0.3) is 5.56 Å². The molecule has 0 amide bonds. The standard InChI is InChI=1S/C29H29BrN2O5S/c1-6-14-36-22-13-12-20(30)15-19(22)16-24-27(33)32-26(21-10-8-9-11-23(21)37-17(3)4)25(28(34)35-7-2)18(5)31-29(32)38-24/h6,8-13,15-17,26H,1,7,14H2,2-5H3/b24-16-/t26-/m0/s1. The number of carbonyl (C=O) groups excluding carboxylic acids is 1. The Morgan fingerprint density at radius 1 is 1.24 bits per heavy atom. The van der Waals surface area contributed by atoms with E-state index in [1.54, 1.807) is 30.6 Å². The van der Waals surface area contributed by atoms with Crippen LogP contribution in [0.5, 0.6) is 11.5 Å². The Morgan fingerprint density at radius 2 is 2.00 bits per heavy atom. The molecule has 2 heterocycles. The third kappa shape index (κ3) is 5.68. The minimum atomic E-state index is -0.763. The minimum absolute atomic E-state index is 0.103. The molecule has 3 aromatic rings. The van der Waals surface area contributed by atoms with Gasteiger partial charge in [-0.2, -0.15) is 0 Å². The van der Waals surface area contributed by atoms with Gasteiger partial charge in [0.05, 0.1) is 28.5 Å². The first-order valence-electron chi connectivity index (χ1n) is 12.2. The third-order valence-corrected chi connectivity index (χ3v) is 7.18. The molecule has 0 bridgehead atoms. The van der Waals surface area contributed by atoms with Crippen LogP contribution >= 0.6 is 27.3 Å². The molecule has 38 heavy (non-hydrogen) atoms. The zero-order valence-electron chi connectivity index (χ0n) is 21.7. The van der Waals surface area contributed by atoms with Gasteiger partial charge in [0.1, 0.15) is 24.1 Å². The van der Waals surface area contributed by atoms with Crippen molar-refractivity contribution in [1.82, 2.24) is 4.57 Å². The highest BCUT2D eigenvalue weighted by atomic mass is 79.9. The highest BCUT2D eigenvalue weighted by Crippen LogP contribution is 2.36. The largest absolute Gasteiger partial charge is 0.491 e. The van der Waals surface area contributed by atoms with Gasteiger partial charge >= 0.3 is 5.97 Å². The van der Waals surface area contributed by atoms with E-state index in [0.29, 0.717) is 44.3 Å². The molecule has 0 unspecified atom stereocenters. The Morgan fingerprint density at radius 3 is 2.71 bits per heavy atom. The smallest absolute Gasteiger partial charge is 0.338 e. The van der Waals surface area contributed by atoms with Crippen molar-refractivity contribution in [3.63, 3.8) is 0 Å². The molecule has 0 spiro atoms.